The first-order chi connectivity index (χ1) is 13.4. The van der Waals surface area contributed by atoms with E-state index < -0.39 is 0 Å². The topological polar surface area (TPSA) is 91.3 Å². The summed E-state index contributed by atoms with van der Waals surface area (Å²) >= 11 is 0. The molecule has 1 aliphatic rings. The molecule has 2 aromatic rings. The number of piperidine rings is 1. The Hall–Kier alpha value is -2.87. The number of anilines is 1. The van der Waals surface area contributed by atoms with Gasteiger partial charge in [0.15, 0.2) is 0 Å². The number of hydrogen-bond acceptors (Lipinski definition) is 4. The molecular weight excluding hydrogens is 356 g/mol. The molecule has 1 fully saturated rings. The molecule has 1 saturated heterocycles. The van der Waals surface area contributed by atoms with Crippen LogP contribution in [0.4, 0.5) is 10.5 Å². The Morgan fingerprint density at radius 1 is 1.18 bits per heavy atom. The molecule has 0 atom stereocenters. The fraction of sp³-hybridized carbons (Fsp3) is 0.450. The molecule has 0 bridgehead atoms. The summed E-state index contributed by atoms with van der Waals surface area (Å²) in [7, 11) is 1.64. The fourth-order valence-electron chi connectivity index (χ4n) is 3.48. The number of benzene rings is 1. The van der Waals surface area contributed by atoms with E-state index >= 15 is 0 Å². The summed E-state index contributed by atoms with van der Waals surface area (Å²) in [5.41, 5.74) is 3.63. The van der Waals surface area contributed by atoms with Crippen molar-refractivity contribution in [2.24, 2.45) is 0 Å². The van der Waals surface area contributed by atoms with Crippen LogP contribution < -0.4 is 16.0 Å². The Kier molecular flexibility index (Phi) is 6.30. The van der Waals surface area contributed by atoms with Crippen LogP contribution in [0.2, 0.25) is 0 Å². The van der Waals surface area contributed by atoms with Crippen LogP contribution in [0.3, 0.4) is 0 Å². The molecule has 1 aliphatic heterocycles. The third-order valence-corrected chi connectivity index (χ3v) is 4.93. The monoisotopic (exact) mass is 384 g/mol. The Morgan fingerprint density at radius 2 is 1.93 bits per heavy atom. The number of likely N-dealkylation sites (N-methyl/N-ethyl adjacent to an activating group) is 1. The van der Waals surface area contributed by atoms with E-state index in [1.54, 1.807) is 7.05 Å². The maximum atomic E-state index is 12.4. The van der Waals surface area contributed by atoms with Gasteiger partial charge in [0.2, 0.25) is 5.91 Å². The van der Waals surface area contributed by atoms with E-state index in [0.29, 0.717) is 6.54 Å². The SMILES string of the molecule is CNC(=O)CN1CCC(NC(=O)Nc2cccc(-n3nc(C)cc3C)c2)CC1. The van der Waals surface area contributed by atoms with Gasteiger partial charge in [-0.15, -0.1) is 0 Å². The van der Waals surface area contributed by atoms with Crippen molar-refractivity contribution in [1.29, 1.82) is 0 Å². The number of carbonyl (C=O) groups is 2. The van der Waals surface area contributed by atoms with Gasteiger partial charge in [-0.25, -0.2) is 9.48 Å². The Labute approximate surface area is 165 Å². The number of aromatic nitrogens is 2. The summed E-state index contributed by atoms with van der Waals surface area (Å²) in [6.07, 6.45) is 1.66. The molecule has 150 valence electrons. The largest absolute Gasteiger partial charge is 0.358 e. The maximum Gasteiger partial charge on any atom is 0.319 e. The quantitative estimate of drug-likeness (QED) is 0.733. The molecule has 0 radical (unpaired) electrons. The van der Waals surface area contributed by atoms with Crippen LogP contribution in [0.5, 0.6) is 0 Å². The van der Waals surface area contributed by atoms with Gasteiger partial charge in [-0.3, -0.25) is 9.69 Å². The standard InChI is InChI=1S/C20H28N6O2/c1-14-11-15(2)26(24-14)18-6-4-5-17(12-18)23-20(28)22-16-7-9-25(10-8-16)13-19(27)21-3/h4-6,11-12,16H,7-10,13H2,1-3H3,(H,21,27)(H2,22,23,28). The van der Waals surface area contributed by atoms with E-state index in [1.807, 2.05) is 48.9 Å². The minimum Gasteiger partial charge on any atom is -0.358 e. The molecule has 3 amide bonds. The van der Waals surface area contributed by atoms with Gasteiger partial charge in [-0.1, -0.05) is 6.07 Å². The van der Waals surface area contributed by atoms with Gasteiger partial charge in [0.05, 0.1) is 17.9 Å². The summed E-state index contributed by atoms with van der Waals surface area (Å²) in [6, 6.07) is 9.55. The first kappa shape index (κ1) is 19.9. The molecule has 3 rings (SSSR count). The maximum absolute atomic E-state index is 12.4. The van der Waals surface area contributed by atoms with Gasteiger partial charge in [0.1, 0.15) is 0 Å². The van der Waals surface area contributed by atoms with Crippen molar-refractivity contribution < 1.29 is 9.59 Å². The lowest BCUT2D eigenvalue weighted by atomic mass is 10.1. The van der Waals surface area contributed by atoms with Crippen molar-refractivity contribution in [3.63, 3.8) is 0 Å². The van der Waals surface area contributed by atoms with Crippen LogP contribution in [0.1, 0.15) is 24.2 Å². The van der Waals surface area contributed by atoms with E-state index in [9.17, 15) is 9.59 Å². The number of hydrogen-bond donors (Lipinski definition) is 3. The highest BCUT2D eigenvalue weighted by Crippen LogP contribution is 2.17. The minimum absolute atomic E-state index is 0.0200. The van der Waals surface area contributed by atoms with E-state index in [-0.39, 0.29) is 18.0 Å². The highest BCUT2D eigenvalue weighted by molar-refractivity contribution is 5.89. The predicted molar refractivity (Wildman–Crippen MR) is 109 cm³/mol. The molecule has 0 saturated carbocycles. The van der Waals surface area contributed by atoms with E-state index in [2.05, 4.69) is 25.9 Å². The summed E-state index contributed by atoms with van der Waals surface area (Å²) in [6.45, 7) is 5.97. The first-order valence-corrected chi connectivity index (χ1v) is 9.59. The van der Waals surface area contributed by atoms with Crippen molar-refractivity contribution >= 4 is 17.6 Å². The molecule has 0 aliphatic carbocycles. The second-order valence-corrected chi connectivity index (χ2v) is 7.21. The van der Waals surface area contributed by atoms with Gasteiger partial charge in [-0.2, -0.15) is 5.10 Å². The van der Waals surface area contributed by atoms with Crippen molar-refractivity contribution in [2.75, 3.05) is 32.0 Å². The third kappa shape index (κ3) is 5.10. The molecule has 3 N–H and O–H groups in total. The number of carbonyl (C=O) groups excluding carboxylic acids is 2. The number of nitrogens with zero attached hydrogens (tertiary/aromatic N) is 3. The minimum atomic E-state index is -0.213. The smallest absolute Gasteiger partial charge is 0.319 e. The lowest BCUT2D eigenvalue weighted by Crippen LogP contribution is -2.48. The lowest BCUT2D eigenvalue weighted by molar-refractivity contribution is -0.122. The normalized spacial score (nSPS) is 15.2. The molecule has 1 aromatic heterocycles. The Balaban J connectivity index is 1.52. The van der Waals surface area contributed by atoms with Crippen LogP contribution >= 0.6 is 0 Å². The average Bonchev–Trinajstić information content (AvgIpc) is 3.01. The average molecular weight is 384 g/mol. The number of likely N-dealkylation sites (tertiary alicyclic amines) is 1. The van der Waals surface area contributed by atoms with Gasteiger partial charge in [-0.05, 0) is 51.0 Å². The van der Waals surface area contributed by atoms with Gasteiger partial charge in [0, 0.05) is 37.6 Å². The number of amides is 3. The zero-order chi connectivity index (χ0) is 20.1. The zero-order valence-corrected chi connectivity index (χ0v) is 16.7. The molecule has 28 heavy (non-hydrogen) atoms. The number of urea groups is 1. The highest BCUT2D eigenvalue weighted by Gasteiger charge is 2.21. The molecule has 8 nitrogen and oxygen atoms in total. The van der Waals surface area contributed by atoms with Crippen molar-refractivity contribution in [1.82, 2.24) is 25.3 Å². The second kappa shape index (κ2) is 8.88. The third-order valence-electron chi connectivity index (χ3n) is 4.93. The van der Waals surface area contributed by atoms with Crippen LogP contribution in [-0.2, 0) is 4.79 Å². The van der Waals surface area contributed by atoms with Crippen molar-refractivity contribution in [2.45, 2.75) is 32.7 Å². The van der Waals surface area contributed by atoms with E-state index in [0.717, 1.165) is 48.7 Å². The number of rotatable bonds is 5. The molecular formula is C20H28N6O2. The van der Waals surface area contributed by atoms with Crippen molar-refractivity contribution in [3.05, 3.63) is 41.7 Å². The summed E-state index contributed by atoms with van der Waals surface area (Å²) < 4.78 is 1.86. The summed E-state index contributed by atoms with van der Waals surface area (Å²) in [4.78, 5) is 25.9. The number of aryl methyl sites for hydroxylation is 2. The van der Waals surface area contributed by atoms with Crippen LogP contribution in [0.25, 0.3) is 5.69 Å². The van der Waals surface area contributed by atoms with Gasteiger partial charge >= 0.3 is 6.03 Å². The Bertz CT molecular complexity index is 839. The van der Waals surface area contributed by atoms with Crippen LogP contribution in [-0.4, -0.2) is 59.3 Å². The Morgan fingerprint density at radius 3 is 2.57 bits per heavy atom. The summed E-state index contributed by atoms with van der Waals surface area (Å²) in [5, 5.41) is 13.1. The van der Waals surface area contributed by atoms with Crippen LogP contribution in [0, 0.1) is 13.8 Å². The van der Waals surface area contributed by atoms with Crippen molar-refractivity contribution in [3.8, 4) is 5.69 Å². The lowest BCUT2D eigenvalue weighted by Gasteiger charge is -2.31. The second-order valence-electron chi connectivity index (χ2n) is 7.21. The molecule has 0 spiro atoms. The molecule has 1 aromatic carbocycles. The molecule has 2 heterocycles. The zero-order valence-electron chi connectivity index (χ0n) is 16.7. The van der Waals surface area contributed by atoms with E-state index in [4.69, 9.17) is 0 Å². The fourth-order valence-corrected chi connectivity index (χ4v) is 3.48. The number of nitrogens with one attached hydrogen (secondary N) is 3. The summed E-state index contributed by atoms with van der Waals surface area (Å²) in [5.74, 6) is 0.0200. The van der Waals surface area contributed by atoms with Gasteiger partial charge < -0.3 is 16.0 Å². The first-order valence-electron chi connectivity index (χ1n) is 9.59. The predicted octanol–water partition coefficient (Wildman–Crippen LogP) is 1.82. The molecule has 8 heteroatoms. The highest BCUT2D eigenvalue weighted by atomic mass is 16.2. The van der Waals surface area contributed by atoms with Crippen LogP contribution in [0.15, 0.2) is 30.3 Å². The van der Waals surface area contributed by atoms with E-state index in [1.165, 1.54) is 0 Å². The van der Waals surface area contributed by atoms with Gasteiger partial charge in [0.25, 0.3) is 0 Å². The molecule has 0 unspecified atom stereocenters.